The second-order valence-electron chi connectivity index (χ2n) is 4.47. The van der Waals surface area contributed by atoms with Gasteiger partial charge in [0, 0.05) is 16.1 Å². The first kappa shape index (κ1) is 16.3. The average molecular weight is 333 g/mol. The third kappa shape index (κ3) is 5.76. The topological polar surface area (TPSA) is 26.3 Å². The van der Waals surface area contributed by atoms with Gasteiger partial charge in [0.2, 0.25) is 0 Å². The highest BCUT2D eigenvalue weighted by molar-refractivity contribution is 6.30. The summed E-state index contributed by atoms with van der Waals surface area (Å²) in [7, 11) is 0. The van der Waals surface area contributed by atoms with Crippen molar-refractivity contribution in [2.45, 2.75) is 0 Å². The van der Waals surface area contributed by atoms with Crippen LogP contribution in [0.1, 0.15) is 11.1 Å². The summed E-state index contributed by atoms with van der Waals surface area (Å²) in [5.74, 6) is -0.393. The van der Waals surface area contributed by atoms with Gasteiger partial charge >= 0.3 is 5.97 Å². The molecule has 2 rings (SSSR count). The highest BCUT2D eigenvalue weighted by Crippen LogP contribution is 2.11. The highest BCUT2D eigenvalue weighted by atomic mass is 35.5. The lowest BCUT2D eigenvalue weighted by molar-refractivity contribution is -0.136. The molecule has 0 N–H and O–H groups in total. The molecule has 0 bridgehead atoms. The maximum atomic E-state index is 11.6. The minimum atomic E-state index is -0.393. The zero-order valence-corrected chi connectivity index (χ0v) is 13.2. The SMILES string of the molecule is O=C(/C=C/c1ccc(Cl)cc1)OC/C=C/c1ccc(Cl)cc1. The molecule has 0 atom stereocenters. The largest absolute Gasteiger partial charge is 0.458 e. The van der Waals surface area contributed by atoms with Gasteiger partial charge in [-0.25, -0.2) is 4.79 Å². The van der Waals surface area contributed by atoms with Crippen molar-refractivity contribution in [2.24, 2.45) is 0 Å². The molecule has 2 aromatic carbocycles. The second kappa shape index (κ2) is 8.42. The summed E-state index contributed by atoms with van der Waals surface area (Å²) in [6, 6.07) is 14.6. The van der Waals surface area contributed by atoms with Crippen LogP contribution in [0.2, 0.25) is 10.0 Å². The Hall–Kier alpha value is -2.03. The van der Waals surface area contributed by atoms with E-state index in [9.17, 15) is 4.79 Å². The van der Waals surface area contributed by atoms with Crippen LogP contribution in [0.3, 0.4) is 0 Å². The molecule has 2 aromatic rings. The van der Waals surface area contributed by atoms with Crippen LogP contribution >= 0.6 is 23.2 Å². The van der Waals surface area contributed by atoms with E-state index in [1.165, 1.54) is 6.08 Å². The van der Waals surface area contributed by atoms with Crippen molar-refractivity contribution in [1.82, 2.24) is 0 Å². The van der Waals surface area contributed by atoms with Gasteiger partial charge < -0.3 is 4.74 Å². The average Bonchev–Trinajstić information content (AvgIpc) is 2.53. The molecule has 2 nitrogen and oxygen atoms in total. The number of esters is 1. The standard InChI is InChI=1S/C18H14Cl2O2/c19-16-8-3-14(4-9-16)2-1-13-22-18(21)12-7-15-5-10-17(20)11-6-15/h1-12H,13H2/b2-1+,12-7+. The van der Waals surface area contributed by atoms with Gasteiger partial charge in [0.1, 0.15) is 6.61 Å². The first-order chi connectivity index (χ1) is 10.6. The van der Waals surface area contributed by atoms with Crippen molar-refractivity contribution in [1.29, 1.82) is 0 Å². The van der Waals surface area contributed by atoms with Crippen LogP contribution in [-0.2, 0) is 9.53 Å². The van der Waals surface area contributed by atoms with Gasteiger partial charge in [-0.05, 0) is 47.5 Å². The normalized spacial score (nSPS) is 11.2. The van der Waals surface area contributed by atoms with Crippen LogP contribution in [0, 0.1) is 0 Å². The van der Waals surface area contributed by atoms with E-state index in [0.717, 1.165) is 11.1 Å². The number of hydrogen-bond donors (Lipinski definition) is 0. The molecular formula is C18H14Cl2O2. The summed E-state index contributed by atoms with van der Waals surface area (Å²) in [6.07, 6.45) is 6.71. The Morgan fingerprint density at radius 2 is 1.36 bits per heavy atom. The summed E-state index contributed by atoms with van der Waals surface area (Å²) in [5, 5.41) is 1.35. The van der Waals surface area contributed by atoms with E-state index in [4.69, 9.17) is 27.9 Å². The number of benzene rings is 2. The minimum Gasteiger partial charge on any atom is -0.458 e. The molecule has 0 saturated heterocycles. The van der Waals surface area contributed by atoms with Crippen molar-refractivity contribution >= 4 is 41.3 Å². The zero-order chi connectivity index (χ0) is 15.8. The summed E-state index contributed by atoms with van der Waals surface area (Å²) >= 11 is 11.6. The summed E-state index contributed by atoms with van der Waals surface area (Å²) in [4.78, 5) is 11.6. The molecule has 0 saturated carbocycles. The maximum absolute atomic E-state index is 11.6. The first-order valence-corrected chi connectivity index (χ1v) is 7.41. The number of ether oxygens (including phenoxy) is 1. The lowest BCUT2D eigenvalue weighted by Crippen LogP contribution is -1.99. The summed E-state index contributed by atoms with van der Waals surface area (Å²) in [5.41, 5.74) is 1.88. The molecule has 112 valence electrons. The van der Waals surface area contributed by atoms with Gasteiger partial charge in [-0.3, -0.25) is 0 Å². The van der Waals surface area contributed by atoms with Crippen molar-refractivity contribution < 1.29 is 9.53 Å². The van der Waals surface area contributed by atoms with Crippen molar-refractivity contribution in [3.05, 3.63) is 81.9 Å². The minimum absolute atomic E-state index is 0.215. The van der Waals surface area contributed by atoms with Gasteiger partial charge in [-0.15, -0.1) is 0 Å². The molecule has 0 amide bonds. The summed E-state index contributed by atoms with van der Waals surface area (Å²) < 4.78 is 5.07. The van der Waals surface area contributed by atoms with Crippen LogP contribution in [0.15, 0.2) is 60.7 Å². The third-order valence-electron chi connectivity index (χ3n) is 2.78. The van der Waals surface area contributed by atoms with E-state index in [1.54, 1.807) is 24.3 Å². The Morgan fingerprint density at radius 1 is 0.864 bits per heavy atom. The highest BCUT2D eigenvalue weighted by Gasteiger charge is 1.95. The molecule has 0 aromatic heterocycles. The molecule has 0 heterocycles. The fraction of sp³-hybridized carbons (Fsp3) is 0.0556. The fourth-order valence-corrected chi connectivity index (χ4v) is 1.93. The molecule has 0 aliphatic heterocycles. The Balaban J connectivity index is 1.77. The van der Waals surface area contributed by atoms with E-state index in [1.807, 2.05) is 42.5 Å². The Kier molecular flexibility index (Phi) is 6.26. The van der Waals surface area contributed by atoms with Crippen molar-refractivity contribution in [2.75, 3.05) is 6.61 Å². The Bertz CT molecular complexity index is 671. The molecule has 0 fully saturated rings. The second-order valence-corrected chi connectivity index (χ2v) is 5.34. The van der Waals surface area contributed by atoms with Gasteiger partial charge in [0.15, 0.2) is 0 Å². The molecule has 22 heavy (non-hydrogen) atoms. The van der Waals surface area contributed by atoms with E-state index >= 15 is 0 Å². The molecule has 0 unspecified atom stereocenters. The fourth-order valence-electron chi connectivity index (χ4n) is 1.67. The number of carbonyl (C=O) groups excluding carboxylic acids is 1. The molecule has 0 spiro atoms. The lowest BCUT2D eigenvalue weighted by Gasteiger charge is -1.98. The molecule has 0 radical (unpaired) electrons. The molecule has 4 heteroatoms. The summed E-state index contributed by atoms with van der Waals surface area (Å²) in [6.45, 7) is 0.215. The molecule has 0 aliphatic carbocycles. The van der Waals surface area contributed by atoms with Crippen LogP contribution in [0.5, 0.6) is 0 Å². The number of carbonyl (C=O) groups is 1. The monoisotopic (exact) mass is 332 g/mol. The Labute approximate surface area is 139 Å². The first-order valence-electron chi connectivity index (χ1n) is 6.66. The smallest absolute Gasteiger partial charge is 0.331 e. The van der Waals surface area contributed by atoms with E-state index in [0.29, 0.717) is 10.0 Å². The predicted molar refractivity (Wildman–Crippen MR) is 91.9 cm³/mol. The van der Waals surface area contributed by atoms with Crippen LogP contribution < -0.4 is 0 Å². The van der Waals surface area contributed by atoms with Gasteiger partial charge in [-0.2, -0.15) is 0 Å². The van der Waals surface area contributed by atoms with Crippen LogP contribution in [-0.4, -0.2) is 12.6 Å². The molecular weight excluding hydrogens is 319 g/mol. The number of rotatable bonds is 5. The van der Waals surface area contributed by atoms with Crippen LogP contribution in [0.4, 0.5) is 0 Å². The number of hydrogen-bond acceptors (Lipinski definition) is 2. The number of halogens is 2. The van der Waals surface area contributed by atoms with E-state index < -0.39 is 5.97 Å². The van der Waals surface area contributed by atoms with Gasteiger partial charge in [0.05, 0.1) is 0 Å². The van der Waals surface area contributed by atoms with Crippen LogP contribution in [0.25, 0.3) is 12.2 Å². The van der Waals surface area contributed by atoms with E-state index in [2.05, 4.69) is 0 Å². The van der Waals surface area contributed by atoms with Crippen molar-refractivity contribution in [3.8, 4) is 0 Å². The Morgan fingerprint density at radius 3 is 1.91 bits per heavy atom. The van der Waals surface area contributed by atoms with Crippen molar-refractivity contribution in [3.63, 3.8) is 0 Å². The zero-order valence-electron chi connectivity index (χ0n) is 11.7. The molecule has 0 aliphatic rings. The lowest BCUT2D eigenvalue weighted by atomic mass is 10.2. The van der Waals surface area contributed by atoms with E-state index in [-0.39, 0.29) is 6.61 Å². The third-order valence-corrected chi connectivity index (χ3v) is 3.29. The van der Waals surface area contributed by atoms with Gasteiger partial charge in [0.25, 0.3) is 0 Å². The predicted octanol–water partition coefficient (Wildman–Crippen LogP) is 5.26. The van der Waals surface area contributed by atoms with Gasteiger partial charge in [-0.1, -0.05) is 53.5 Å². The quantitative estimate of drug-likeness (QED) is 0.551. The maximum Gasteiger partial charge on any atom is 0.331 e.